The number of thiophene rings is 1. The molecule has 0 fully saturated rings. The molecule has 0 spiro atoms. The van der Waals surface area contributed by atoms with Crippen molar-refractivity contribution >= 4 is 27.8 Å². The molecule has 0 radical (unpaired) electrons. The third-order valence-electron chi connectivity index (χ3n) is 1.91. The molecule has 84 valence electrons. The van der Waals surface area contributed by atoms with Gasteiger partial charge in [0.05, 0.1) is 16.3 Å². The largest absolute Gasteiger partial charge is 0.350 e. The minimum absolute atomic E-state index is 0.0760. The van der Waals surface area contributed by atoms with Gasteiger partial charge in [-0.1, -0.05) is 5.92 Å². The summed E-state index contributed by atoms with van der Waals surface area (Å²) in [6.07, 6.45) is 5.14. The van der Waals surface area contributed by atoms with Crippen molar-refractivity contribution in [2.45, 2.75) is 6.92 Å². The van der Waals surface area contributed by atoms with Crippen molar-refractivity contribution in [1.29, 1.82) is 0 Å². The molecule has 0 aliphatic heterocycles. The van der Waals surface area contributed by atoms with E-state index in [0.29, 0.717) is 9.88 Å². The molecular formula is C10H10N2O3S. The van der Waals surface area contributed by atoms with Crippen molar-refractivity contribution in [3.05, 3.63) is 21.1 Å². The SMILES string of the molecule is C#CCN(C)c1sc(C(C)=O)cc1[N+](=O)[O-]. The average molecular weight is 238 g/mol. The fourth-order valence-electron chi connectivity index (χ4n) is 1.16. The Morgan fingerprint density at radius 1 is 1.75 bits per heavy atom. The van der Waals surface area contributed by atoms with Gasteiger partial charge in [0.2, 0.25) is 0 Å². The van der Waals surface area contributed by atoms with Gasteiger partial charge in [-0.3, -0.25) is 14.9 Å². The van der Waals surface area contributed by atoms with Crippen LogP contribution in [-0.2, 0) is 0 Å². The summed E-state index contributed by atoms with van der Waals surface area (Å²) in [5, 5.41) is 11.2. The highest BCUT2D eigenvalue weighted by Crippen LogP contribution is 2.36. The number of terminal acetylenes is 1. The zero-order chi connectivity index (χ0) is 12.3. The highest BCUT2D eigenvalue weighted by atomic mass is 32.1. The zero-order valence-corrected chi connectivity index (χ0v) is 9.71. The van der Waals surface area contributed by atoms with E-state index in [9.17, 15) is 14.9 Å². The second-order valence-corrected chi connectivity index (χ2v) is 4.21. The normalized spacial score (nSPS) is 9.56. The van der Waals surface area contributed by atoms with E-state index in [1.54, 1.807) is 11.9 Å². The first-order chi connectivity index (χ1) is 7.47. The molecule has 5 nitrogen and oxygen atoms in total. The molecular weight excluding hydrogens is 228 g/mol. The molecule has 0 unspecified atom stereocenters. The van der Waals surface area contributed by atoms with Gasteiger partial charge >= 0.3 is 5.69 Å². The summed E-state index contributed by atoms with van der Waals surface area (Å²) in [7, 11) is 1.66. The fraction of sp³-hybridized carbons (Fsp3) is 0.300. The lowest BCUT2D eigenvalue weighted by Crippen LogP contribution is -2.16. The van der Waals surface area contributed by atoms with E-state index in [1.807, 2.05) is 0 Å². The summed E-state index contributed by atoms with van der Waals surface area (Å²) >= 11 is 1.08. The molecule has 1 heterocycles. The maximum absolute atomic E-state index is 11.1. The van der Waals surface area contributed by atoms with Gasteiger partial charge < -0.3 is 4.90 Å². The van der Waals surface area contributed by atoms with Crippen LogP contribution in [0.5, 0.6) is 0 Å². The molecule has 0 aliphatic carbocycles. The van der Waals surface area contributed by atoms with Gasteiger partial charge in [-0.15, -0.1) is 17.8 Å². The van der Waals surface area contributed by atoms with Crippen molar-refractivity contribution in [2.75, 3.05) is 18.5 Å². The number of carbonyl (C=O) groups is 1. The number of nitrogens with zero attached hydrogens (tertiary/aromatic N) is 2. The van der Waals surface area contributed by atoms with Gasteiger partial charge in [0.1, 0.15) is 0 Å². The van der Waals surface area contributed by atoms with Crippen LogP contribution in [-0.4, -0.2) is 24.3 Å². The topological polar surface area (TPSA) is 63.5 Å². The van der Waals surface area contributed by atoms with Crippen LogP contribution in [0.25, 0.3) is 0 Å². The number of carbonyl (C=O) groups excluding carboxylic acids is 1. The van der Waals surface area contributed by atoms with E-state index < -0.39 is 4.92 Å². The summed E-state index contributed by atoms with van der Waals surface area (Å²) in [5.41, 5.74) is -0.0760. The zero-order valence-electron chi connectivity index (χ0n) is 8.89. The molecule has 6 heteroatoms. The van der Waals surface area contributed by atoms with E-state index in [2.05, 4.69) is 5.92 Å². The van der Waals surface area contributed by atoms with E-state index in [-0.39, 0.29) is 18.0 Å². The third kappa shape index (κ3) is 2.38. The van der Waals surface area contributed by atoms with Crippen LogP contribution in [0.2, 0.25) is 0 Å². The average Bonchev–Trinajstić information content (AvgIpc) is 2.62. The maximum atomic E-state index is 11.1. The molecule has 0 saturated carbocycles. The van der Waals surface area contributed by atoms with Crippen LogP contribution in [0.1, 0.15) is 16.6 Å². The Labute approximate surface area is 96.8 Å². The van der Waals surface area contributed by atoms with Crippen molar-refractivity contribution in [3.8, 4) is 12.3 Å². The monoisotopic (exact) mass is 238 g/mol. The maximum Gasteiger partial charge on any atom is 0.304 e. The predicted molar refractivity (Wildman–Crippen MR) is 63.1 cm³/mol. The lowest BCUT2D eigenvalue weighted by atomic mass is 10.3. The van der Waals surface area contributed by atoms with E-state index in [4.69, 9.17) is 6.42 Å². The fourth-order valence-corrected chi connectivity index (χ4v) is 2.14. The predicted octanol–water partition coefficient (Wildman–Crippen LogP) is 1.93. The van der Waals surface area contributed by atoms with Gasteiger partial charge in [0.15, 0.2) is 10.8 Å². The Morgan fingerprint density at radius 3 is 2.81 bits per heavy atom. The first-order valence-corrected chi connectivity index (χ1v) is 5.22. The van der Waals surface area contributed by atoms with Gasteiger partial charge in [-0.2, -0.15) is 0 Å². The molecule has 0 atom stereocenters. The Morgan fingerprint density at radius 2 is 2.38 bits per heavy atom. The summed E-state index contributed by atoms with van der Waals surface area (Å²) in [6.45, 7) is 1.64. The quantitative estimate of drug-likeness (QED) is 0.348. The molecule has 0 bridgehead atoms. The number of ketones is 1. The van der Waals surface area contributed by atoms with E-state index in [1.165, 1.54) is 13.0 Å². The second-order valence-electron chi connectivity index (χ2n) is 3.17. The number of Topliss-reactive ketones (excluding diaryl/α,β-unsaturated/α-hetero) is 1. The molecule has 1 rings (SSSR count). The summed E-state index contributed by atoms with van der Waals surface area (Å²) in [6, 6.07) is 1.29. The Balaban J connectivity index is 3.21. The number of hydrogen-bond acceptors (Lipinski definition) is 5. The lowest BCUT2D eigenvalue weighted by molar-refractivity contribution is -0.383. The van der Waals surface area contributed by atoms with Crippen LogP contribution in [0.3, 0.4) is 0 Å². The molecule has 16 heavy (non-hydrogen) atoms. The van der Waals surface area contributed by atoms with E-state index in [0.717, 1.165) is 11.3 Å². The van der Waals surface area contributed by atoms with Crippen LogP contribution in [0, 0.1) is 22.5 Å². The smallest absolute Gasteiger partial charge is 0.304 e. The van der Waals surface area contributed by atoms with Crippen LogP contribution in [0.15, 0.2) is 6.07 Å². The number of rotatable bonds is 4. The molecule has 1 aromatic heterocycles. The Hall–Kier alpha value is -1.87. The van der Waals surface area contributed by atoms with Crippen molar-refractivity contribution in [3.63, 3.8) is 0 Å². The summed E-state index contributed by atoms with van der Waals surface area (Å²) in [4.78, 5) is 23.4. The molecule has 0 aliphatic rings. The Bertz CT molecular complexity index is 473. The van der Waals surface area contributed by atoms with Crippen LogP contribution < -0.4 is 4.90 Å². The summed E-state index contributed by atoms with van der Waals surface area (Å²) in [5.74, 6) is 2.21. The van der Waals surface area contributed by atoms with Gasteiger partial charge in [-0.05, 0) is 6.92 Å². The van der Waals surface area contributed by atoms with Crippen molar-refractivity contribution in [1.82, 2.24) is 0 Å². The van der Waals surface area contributed by atoms with Crippen LogP contribution in [0.4, 0.5) is 10.7 Å². The molecule has 0 saturated heterocycles. The Kier molecular flexibility index (Phi) is 3.64. The summed E-state index contributed by atoms with van der Waals surface area (Å²) < 4.78 is 0. The van der Waals surface area contributed by atoms with Gasteiger partial charge in [-0.25, -0.2) is 0 Å². The molecule has 0 amide bonds. The standard InChI is InChI=1S/C10H10N2O3S/c1-4-5-11(3)10-8(12(14)15)6-9(16-10)7(2)13/h1,6H,5H2,2-3H3. The highest BCUT2D eigenvalue weighted by Gasteiger charge is 2.23. The van der Waals surface area contributed by atoms with Crippen LogP contribution >= 0.6 is 11.3 Å². The molecule has 0 aromatic carbocycles. The first-order valence-electron chi connectivity index (χ1n) is 4.41. The first kappa shape index (κ1) is 12.2. The van der Waals surface area contributed by atoms with Gasteiger partial charge in [0, 0.05) is 13.1 Å². The van der Waals surface area contributed by atoms with Crippen molar-refractivity contribution < 1.29 is 9.72 Å². The van der Waals surface area contributed by atoms with Gasteiger partial charge in [0.25, 0.3) is 0 Å². The third-order valence-corrected chi connectivity index (χ3v) is 3.25. The molecule has 1 aromatic rings. The van der Waals surface area contributed by atoms with Crippen molar-refractivity contribution in [2.24, 2.45) is 0 Å². The van der Waals surface area contributed by atoms with E-state index >= 15 is 0 Å². The number of nitro groups is 1. The highest BCUT2D eigenvalue weighted by molar-refractivity contribution is 7.18. The minimum atomic E-state index is -0.509. The lowest BCUT2D eigenvalue weighted by Gasteiger charge is -2.11. The molecule has 0 N–H and O–H groups in total. The number of hydrogen-bond donors (Lipinski definition) is 0. The minimum Gasteiger partial charge on any atom is -0.350 e. The number of anilines is 1. The second kappa shape index (κ2) is 4.77.